The van der Waals surface area contributed by atoms with E-state index in [1.807, 2.05) is 27.9 Å². The molecule has 0 aliphatic carbocycles. The van der Waals surface area contributed by atoms with E-state index in [0.29, 0.717) is 0 Å². The van der Waals surface area contributed by atoms with Gasteiger partial charge in [-0.1, -0.05) is 13.8 Å². The van der Waals surface area contributed by atoms with Crippen LogP contribution in [0.15, 0.2) is 0 Å². The Hall–Kier alpha value is -0.120. The molecule has 0 spiro atoms. The maximum atomic E-state index is 3.31. The van der Waals surface area contributed by atoms with Gasteiger partial charge >= 0.3 is 0 Å². The smallest absolute Gasteiger partial charge is 0.0226 e. The Morgan fingerprint density at radius 3 is 1.85 bits per heavy atom. The van der Waals surface area contributed by atoms with Crippen molar-refractivity contribution in [1.82, 2.24) is 15.5 Å². The summed E-state index contributed by atoms with van der Waals surface area (Å²) in [7, 11) is 8.02. The second-order valence-electron chi connectivity index (χ2n) is 3.11. The zero-order chi connectivity index (χ0) is 10.7. The summed E-state index contributed by atoms with van der Waals surface area (Å²) in [6, 6.07) is 0.787. The first-order valence-corrected chi connectivity index (χ1v) is 5.18. The summed E-state index contributed by atoms with van der Waals surface area (Å²) in [6.45, 7) is 6.37. The van der Waals surface area contributed by atoms with Crippen LogP contribution in [0.2, 0.25) is 0 Å². The van der Waals surface area contributed by atoms with Crippen LogP contribution in [0, 0.1) is 0 Å². The molecular formula is C10H27N3. The van der Waals surface area contributed by atoms with Crippen LogP contribution in [0.5, 0.6) is 0 Å². The van der Waals surface area contributed by atoms with Gasteiger partial charge in [-0.05, 0) is 41.2 Å². The van der Waals surface area contributed by atoms with Crippen molar-refractivity contribution in [1.29, 1.82) is 0 Å². The molecule has 1 heterocycles. The van der Waals surface area contributed by atoms with Crippen molar-refractivity contribution in [2.45, 2.75) is 26.3 Å². The van der Waals surface area contributed by atoms with Gasteiger partial charge in [0.05, 0.1) is 0 Å². The zero-order valence-corrected chi connectivity index (χ0v) is 10.1. The van der Waals surface area contributed by atoms with Crippen LogP contribution >= 0.6 is 0 Å². The summed E-state index contributed by atoms with van der Waals surface area (Å²) in [5, 5.41) is 6.06. The van der Waals surface area contributed by atoms with Gasteiger partial charge in [-0.2, -0.15) is 0 Å². The third kappa shape index (κ3) is 9.80. The Balaban J connectivity index is 0. The van der Waals surface area contributed by atoms with E-state index < -0.39 is 0 Å². The van der Waals surface area contributed by atoms with Gasteiger partial charge in [0.15, 0.2) is 0 Å². The summed E-state index contributed by atoms with van der Waals surface area (Å²) in [4.78, 5) is 2.28. The highest BCUT2D eigenvalue weighted by Crippen LogP contribution is 2.01. The molecule has 3 heteroatoms. The zero-order valence-electron chi connectivity index (χ0n) is 10.1. The van der Waals surface area contributed by atoms with Gasteiger partial charge in [0.1, 0.15) is 0 Å². The molecule has 82 valence electrons. The number of rotatable bonds is 1. The number of nitrogens with zero attached hydrogens (tertiary/aromatic N) is 1. The van der Waals surface area contributed by atoms with Gasteiger partial charge in [-0.3, -0.25) is 0 Å². The Morgan fingerprint density at radius 1 is 1.23 bits per heavy atom. The second kappa shape index (κ2) is 11.9. The lowest BCUT2D eigenvalue weighted by Crippen LogP contribution is -2.29. The van der Waals surface area contributed by atoms with Gasteiger partial charge in [0.25, 0.3) is 0 Å². The lowest BCUT2D eigenvalue weighted by molar-refractivity contribution is 0.313. The third-order valence-corrected chi connectivity index (χ3v) is 1.76. The number of nitrogens with one attached hydrogen (secondary N) is 2. The van der Waals surface area contributed by atoms with Crippen LogP contribution in [-0.4, -0.2) is 52.2 Å². The minimum Gasteiger partial charge on any atom is -0.323 e. The molecule has 1 aliphatic heterocycles. The minimum absolute atomic E-state index is 0.787. The fraction of sp³-hybridized carbons (Fsp3) is 1.00. The SMILES string of the molecule is CC.CN(C)C1CCNC1.CNC. The average molecular weight is 189 g/mol. The Kier molecular flexibility index (Phi) is 14.0. The topological polar surface area (TPSA) is 27.3 Å². The summed E-state index contributed by atoms with van der Waals surface area (Å²) < 4.78 is 0. The highest BCUT2D eigenvalue weighted by atomic mass is 15.1. The predicted octanol–water partition coefficient (Wildman–Crippen LogP) is 0.772. The van der Waals surface area contributed by atoms with Crippen LogP contribution in [0.25, 0.3) is 0 Å². The van der Waals surface area contributed by atoms with Crippen molar-refractivity contribution in [2.24, 2.45) is 0 Å². The molecule has 3 nitrogen and oxygen atoms in total. The minimum atomic E-state index is 0.787. The molecular weight excluding hydrogens is 162 g/mol. The first kappa shape index (κ1) is 15.4. The van der Waals surface area contributed by atoms with E-state index in [0.717, 1.165) is 6.04 Å². The maximum Gasteiger partial charge on any atom is 0.0226 e. The molecule has 0 amide bonds. The molecule has 0 saturated carbocycles. The van der Waals surface area contributed by atoms with Gasteiger partial charge in [-0.25, -0.2) is 0 Å². The highest BCUT2D eigenvalue weighted by Gasteiger charge is 2.14. The molecule has 0 aromatic carbocycles. The van der Waals surface area contributed by atoms with E-state index in [-0.39, 0.29) is 0 Å². The van der Waals surface area contributed by atoms with Gasteiger partial charge in [-0.15, -0.1) is 0 Å². The molecule has 1 atom stereocenters. The lowest BCUT2D eigenvalue weighted by atomic mass is 10.2. The first-order valence-electron chi connectivity index (χ1n) is 5.18. The van der Waals surface area contributed by atoms with E-state index in [1.54, 1.807) is 0 Å². The first-order chi connectivity index (χ1) is 6.22. The summed E-state index contributed by atoms with van der Waals surface area (Å²) in [5.74, 6) is 0. The second-order valence-corrected chi connectivity index (χ2v) is 3.11. The molecule has 1 unspecified atom stereocenters. The molecule has 0 aromatic heterocycles. The predicted molar refractivity (Wildman–Crippen MR) is 61.3 cm³/mol. The van der Waals surface area contributed by atoms with Crippen LogP contribution in [0.4, 0.5) is 0 Å². The Bertz CT molecular complexity index is 78.2. The molecule has 0 aromatic rings. The van der Waals surface area contributed by atoms with E-state index in [4.69, 9.17) is 0 Å². The summed E-state index contributed by atoms with van der Waals surface area (Å²) in [5.41, 5.74) is 0. The molecule has 2 N–H and O–H groups in total. The van der Waals surface area contributed by atoms with Crippen molar-refractivity contribution in [2.75, 3.05) is 41.3 Å². The monoisotopic (exact) mass is 189 g/mol. The largest absolute Gasteiger partial charge is 0.323 e. The molecule has 13 heavy (non-hydrogen) atoms. The molecule has 1 saturated heterocycles. The van der Waals surface area contributed by atoms with Gasteiger partial charge in [0.2, 0.25) is 0 Å². The average Bonchev–Trinajstić information content (AvgIpc) is 2.61. The van der Waals surface area contributed by atoms with Crippen molar-refractivity contribution < 1.29 is 0 Å². The summed E-state index contributed by atoms with van der Waals surface area (Å²) >= 11 is 0. The highest BCUT2D eigenvalue weighted by molar-refractivity contribution is 4.76. The Labute approximate surface area is 83.9 Å². The van der Waals surface area contributed by atoms with Crippen molar-refractivity contribution >= 4 is 0 Å². The molecule has 1 fully saturated rings. The van der Waals surface area contributed by atoms with E-state index >= 15 is 0 Å². The van der Waals surface area contributed by atoms with Gasteiger partial charge < -0.3 is 15.5 Å². The standard InChI is InChI=1S/C6H14N2.C2H7N.C2H6/c1-8(2)6-3-4-7-5-6;1-3-2;1-2/h6-7H,3-5H2,1-2H3;3H,1-2H3;1-2H3. The normalized spacial score (nSPS) is 20.1. The third-order valence-electron chi connectivity index (χ3n) is 1.76. The van der Waals surface area contributed by atoms with E-state index in [9.17, 15) is 0 Å². The van der Waals surface area contributed by atoms with Crippen molar-refractivity contribution in [3.8, 4) is 0 Å². The van der Waals surface area contributed by atoms with Crippen LogP contribution in [-0.2, 0) is 0 Å². The molecule has 0 radical (unpaired) electrons. The number of likely N-dealkylation sites (N-methyl/N-ethyl adjacent to an activating group) is 1. The maximum absolute atomic E-state index is 3.31. The Morgan fingerprint density at radius 2 is 1.69 bits per heavy atom. The van der Waals surface area contributed by atoms with Crippen molar-refractivity contribution in [3.05, 3.63) is 0 Å². The van der Waals surface area contributed by atoms with Gasteiger partial charge in [0, 0.05) is 12.6 Å². The fourth-order valence-electron chi connectivity index (χ4n) is 1.08. The lowest BCUT2D eigenvalue weighted by Gasteiger charge is -2.16. The quantitative estimate of drug-likeness (QED) is 0.638. The van der Waals surface area contributed by atoms with E-state index in [2.05, 4.69) is 29.6 Å². The van der Waals surface area contributed by atoms with E-state index in [1.165, 1.54) is 19.5 Å². The molecule has 1 rings (SSSR count). The fourth-order valence-corrected chi connectivity index (χ4v) is 1.08. The van der Waals surface area contributed by atoms with Crippen LogP contribution in [0.3, 0.4) is 0 Å². The summed E-state index contributed by atoms with van der Waals surface area (Å²) in [6.07, 6.45) is 1.31. The van der Waals surface area contributed by atoms with Crippen molar-refractivity contribution in [3.63, 3.8) is 0 Å². The number of hydrogen-bond acceptors (Lipinski definition) is 3. The van der Waals surface area contributed by atoms with Crippen LogP contribution in [0.1, 0.15) is 20.3 Å². The number of hydrogen-bond donors (Lipinski definition) is 2. The molecule has 1 aliphatic rings. The van der Waals surface area contributed by atoms with Crippen LogP contribution < -0.4 is 10.6 Å². The molecule has 0 bridgehead atoms.